The van der Waals surface area contributed by atoms with Gasteiger partial charge in [0.25, 0.3) is 0 Å². The van der Waals surface area contributed by atoms with Crippen LogP contribution in [0.5, 0.6) is 5.75 Å². The average Bonchev–Trinajstić information content (AvgIpc) is 2.71. The highest BCUT2D eigenvalue weighted by atomic mass is 16.5. The van der Waals surface area contributed by atoms with E-state index in [4.69, 9.17) is 4.74 Å². The SMILES string of the molecule is Cc1n[nH]c(C)c1CCNC(=O)Oc1ccccc1. The molecule has 100 valence electrons. The van der Waals surface area contributed by atoms with Crippen molar-refractivity contribution in [2.45, 2.75) is 20.3 Å². The Hall–Kier alpha value is -2.30. The second-order valence-electron chi connectivity index (χ2n) is 4.29. The molecule has 0 bridgehead atoms. The number of nitrogens with one attached hydrogen (secondary N) is 2. The number of aromatic amines is 1. The fraction of sp³-hybridized carbons (Fsp3) is 0.286. The molecule has 0 radical (unpaired) electrons. The van der Waals surface area contributed by atoms with Crippen LogP contribution in [0.25, 0.3) is 0 Å². The molecule has 2 N–H and O–H groups in total. The van der Waals surface area contributed by atoms with E-state index in [1.807, 2.05) is 32.0 Å². The van der Waals surface area contributed by atoms with Gasteiger partial charge >= 0.3 is 6.09 Å². The third kappa shape index (κ3) is 3.58. The Morgan fingerprint density at radius 1 is 1.32 bits per heavy atom. The average molecular weight is 259 g/mol. The van der Waals surface area contributed by atoms with Crippen LogP contribution in [0.2, 0.25) is 0 Å². The van der Waals surface area contributed by atoms with Crippen LogP contribution >= 0.6 is 0 Å². The van der Waals surface area contributed by atoms with Gasteiger partial charge in [0.15, 0.2) is 0 Å². The molecule has 1 heterocycles. The van der Waals surface area contributed by atoms with Gasteiger partial charge in [0.05, 0.1) is 5.69 Å². The summed E-state index contributed by atoms with van der Waals surface area (Å²) >= 11 is 0. The number of aryl methyl sites for hydroxylation is 2. The highest BCUT2D eigenvalue weighted by molar-refractivity contribution is 5.70. The second kappa shape index (κ2) is 6.04. The minimum Gasteiger partial charge on any atom is -0.410 e. The van der Waals surface area contributed by atoms with Crippen molar-refractivity contribution in [3.05, 3.63) is 47.3 Å². The maximum atomic E-state index is 11.6. The Morgan fingerprint density at radius 3 is 2.68 bits per heavy atom. The molecule has 0 aliphatic heterocycles. The van der Waals surface area contributed by atoms with E-state index in [2.05, 4.69) is 15.5 Å². The lowest BCUT2D eigenvalue weighted by Crippen LogP contribution is -2.28. The molecule has 1 amide bonds. The van der Waals surface area contributed by atoms with Gasteiger partial charge < -0.3 is 10.1 Å². The van der Waals surface area contributed by atoms with Gasteiger partial charge in [0.1, 0.15) is 5.75 Å². The number of nitrogens with zero attached hydrogens (tertiary/aromatic N) is 1. The Labute approximate surface area is 112 Å². The van der Waals surface area contributed by atoms with E-state index in [1.165, 1.54) is 0 Å². The maximum absolute atomic E-state index is 11.6. The fourth-order valence-corrected chi connectivity index (χ4v) is 1.86. The van der Waals surface area contributed by atoms with Crippen molar-refractivity contribution in [1.29, 1.82) is 0 Å². The molecule has 0 aliphatic carbocycles. The molecule has 5 heteroatoms. The van der Waals surface area contributed by atoms with Crippen molar-refractivity contribution in [3.63, 3.8) is 0 Å². The van der Waals surface area contributed by atoms with E-state index < -0.39 is 6.09 Å². The van der Waals surface area contributed by atoms with Gasteiger partial charge in [-0.3, -0.25) is 5.10 Å². The van der Waals surface area contributed by atoms with Crippen LogP contribution in [-0.2, 0) is 6.42 Å². The number of H-pyrrole nitrogens is 1. The van der Waals surface area contributed by atoms with E-state index in [1.54, 1.807) is 12.1 Å². The molecular formula is C14H17N3O2. The van der Waals surface area contributed by atoms with Crippen molar-refractivity contribution >= 4 is 6.09 Å². The molecule has 0 saturated carbocycles. The summed E-state index contributed by atoms with van der Waals surface area (Å²) in [6, 6.07) is 8.99. The van der Waals surface area contributed by atoms with E-state index in [9.17, 15) is 4.79 Å². The van der Waals surface area contributed by atoms with Crippen LogP contribution in [0.3, 0.4) is 0 Å². The van der Waals surface area contributed by atoms with Gasteiger partial charge in [-0.1, -0.05) is 18.2 Å². The van der Waals surface area contributed by atoms with E-state index in [0.717, 1.165) is 23.4 Å². The number of carbonyl (C=O) groups excluding carboxylic acids is 1. The number of carbonyl (C=O) groups is 1. The number of hydrogen-bond acceptors (Lipinski definition) is 3. The van der Waals surface area contributed by atoms with E-state index in [-0.39, 0.29) is 0 Å². The lowest BCUT2D eigenvalue weighted by molar-refractivity contribution is 0.200. The zero-order valence-electron chi connectivity index (χ0n) is 11.1. The summed E-state index contributed by atoms with van der Waals surface area (Å²) in [6.45, 7) is 4.44. The molecule has 0 spiro atoms. The summed E-state index contributed by atoms with van der Waals surface area (Å²) < 4.78 is 5.12. The molecule has 5 nitrogen and oxygen atoms in total. The number of aromatic nitrogens is 2. The van der Waals surface area contributed by atoms with Gasteiger partial charge in [0, 0.05) is 12.2 Å². The zero-order chi connectivity index (χ0) is 13.7. The van der Waals surface area contributed by atoms with E-state index in [0.29, 0.717) is 12.3 Å². The Balaban J connectivity index is 1.79. The van der Waals surface area contributed by atoms with Crippen LogP contribution in [0.15, 0.2) is 30.3 Å². The standard InChI is InChI=1S/C14H17N3O2/c1-10-13(11(2)17-16-10)8-9-15-14(18)19-12-6-4-3-5-7-12/h3-7H,8-9H2,1-2H3,(H,15,18)(H,16,17). The van der Waals surface area contributed by atoms with Gasteiger partial charge in [-0.2, -0.15) is 5.10 Å². The summed E-state index contributed by atoms with van der Waals surface area (Å²) in [6.07, 6.45) is 0.294. The van der Waals surface area contributed by atoms with Crippen LogP contribution in [0.4, 0.5) is 4.79 Å². The molecular weight excluding hydrogens is 242 g/mol. The normalized spacial score (nSPS) is 10.2. The number of amides is 1. The number of hydrogen-bond donors (Lipinski definition) is 2. The number of rotatable bonds is 4. The minimum atomic E-state index is -0.440. The third-order valence-corrected chi connectivity index (χ3v) is 2.88. The minimum absolute atomic E-state index is 0.440. The number of ether oxygens (including phenoxy) is 1. The van der Waals surface area contributed by atoms with E-state index >= 15 is 0 Å². The van der Waals surface area contributed by atoms with Crippen LogP contribution < -0.4 is 10.1 Å². The summed E-state index contributed by atoms with van der Waals surface area (Å²) in [5.41, 5.74) is 3.14. The first kappa shape index (κ1) is 13.1. The van der Waals surface area contributed by atoms with Crippen molar-refractivity contribution in [2.75, 3.05) is 6.54 Å². The highest BCUT2D eigenvalue weighted by Crippen LogP contribution is 2.10. The van der Waals surface area contributed by atoms with Crippen molar-refractivity contribution in [3.8, 4) is 5.75 Å². The predicted octanol–water partition coefficient (Wildman–Crippen LogP) is 2.36. The lowest BCUT2D eigenvalue weighted by atomic mass is 10.1. The fourth-order valence-electron chi connectivity index (χ4n) is 1.86. The first-order valence-electron chi connectivity index (χ1n) is 6.18. The first-order valence-corrected chi connectivity index (χ1v) is 6.18. The van der Waals surface area contributed by atoms with Crippen LogP contribution in [0, 0.1) is 13.8 Å². The Kier molecular flexibility index (Phi) is 4.18. The molecule has 1 aromatic heterocycles. The maximum Gasteiger partial charge on any atom is 0.412 e. The Morgan fingerprint density at radius 2 is 2.05 bits per heavy atom. The number of para-hydroxylation sites is 1. The van der Waals surface area contributed by atoms with Gasteiger partial charge in [-0.25, -0.2) is 4.79 Å². The molecule has 2 rings (SSSR count). The molecule has 19 heavy (non-hydrogen) atoms. The lowest BCUT2D eigenvalue weighted by Gasteiger charge is -2.06. The molecule has 0 atom stereocenters. The Bertz CT molecular complexity index is 530. The smallest absolute Gasteiger partial charge is 0.410 e. The summed E-state index contributed by atoms with van der Waals surface area (Å²) in [5, 5.41) is 9.75. The molecule has 1 aromatic carbocycles. The van der Waals surface area contributed by atoms with Crippen LogP contribution in [0.1, 0.15) is 17.0 Å². The topological polar surface area (TPSA) is 67.0 Å². The molecule has 0 saturated heterocycles. The third-order valence-electron chi connectivity index (χ3n) is 2.88. The van der Waals surface area contributed by atoms with Gasteiger partial charge in [0.2, 0.25) is 0 Å². The highest BCUT2D eigenvalue weighted by Gasteiger charge is 2.07. The zero-order valence-corrected chi connectivity index (χ0v) is 11.1. The summed E-state index contributed by atoms with van der Waals surface area (Å²) in [4.78, 5) is 11.6. The van der Waals surface area contributed by atoms with Crippen molar-refractivity contribution in [1.82, 2.24) is 15.5 Å². The number of benzene rings is 1. The van der Waals surface area contributed by atoms with Gasteiger partial charge in [-0.05, 0) is 38.0 Å². The largest absolute Gasteiger partial charge is 0.412 e. The van der Waals surface area contributed by atoms with Crippen molar-refractivity contribution in [2.24, 2.45) is 0 Å². The van der Waals surface area contributed by atoms with Crippen LogP contribution in [-0.4, -0.2) is 22.8 Å². The quantitative estimate of drug-likeness (QED) is 0.885. The molecule has 0 aliphatic rings. The monoisotopic (exact) mass is 259 g/mol. The summed E-state index contributed by atoms with van der Waals surface area (Å²) in [5.74, 6) is 0.538. The summed E-state index contributed by atoms with van der Waals surface area (Å²) in [7, 11) is 0. The second-order valence-corrected chi connectivity index (χ2v) is 4.29. The first-order chi connectivity index (χ1) is 9.16. The molecule has 2 aromatic rings. The predicted molar refractivity (Wildman–Crippen MR) is 72.2 cm³/mol. The molecule has 0 unspecified atom stereocenters. The van der Waals surface area contributed by atoms with Gasteiger partial charge in [-0.15, -0.1) is 0 Å². The molecule has 0 fully saturated rings. The van der Waals surface area contributed by atoms with Crippen molar-refractivity contribution < 1.29 is 9.53 Å².